The molecule has 2 rings (SSSR count). The summed E-state index contributed by atoms with van der Waals surface area (Å²) in [5, 5.41) is 8.39. The predicted octanol–water partition coefficient (Wildman–Crippen LogP) is 1.44. The average molecular weight is 299 g/mol. The minimum atomic E-state index is -0.848. The van der Waals surface area contributed by atoms with Crippen LogP contribution in [0.5, 0.6) is 0 Å². The molecule has 0 saturated carbocycles. The molecule has 1 aromatic carbocycles. The van der Waals surface area contributed by atoms with E-state index in [4.69, 9.17) is 5.11 Å². The number of ketones is 2. The van der Waals surface area contributed by atoms with Crippen molar-refractivity contribution in [2.75, 3.05) is 6.54 Å². The molecule has 0 radical (unpaired) electrons. The van der Waals surface area contributed by atoms with Gasteiger partial charge >= 0.3 is 0 Å². The highest BCUT2D eigenvalue weighted by atomic mass is 16.2. The number of allylic oxidation sites excluding steroid dienone is 2. The van der Waals surface area contributed by atoms with Gasteiger partial charge in [0.2, 0.25) is 11.6 Å². The number of imide groups is 1. The SMILES string of the molecule is O=C(/C=C/O)C(=O)/C=C/CCN1C(=O)c2ccccc2C1=O. The van der Waals surface area contributed by atoms with Crippen LogP contribution in [0.1, 0.15) is 27.1 Å². The fourth-order valence-electron chi connectivity index (χ4n) is 2.07. The zero-order chi connectivity index (χ0) is 16.1. The lowest BCUT2D eigenvalue weighted by Crippen LogP contribution is -2.30. The van der Waals surface area contributed by atoms with E-state index in [0.29, 0.717) is 17.4 Å². The zero-order valence-corrected chi connectivity index (χ0v) is 11.6. The van der Waals surface area contributed by atoms with E-state index in [1.807, 2.05) is 0 Å². The third-order valence-electron chi connectivity index (χ3n) is 3.14. The van der Waals surface area contributed by atoms with Gasteiger partial charge in [-0.05, 0) is 24.6 Å². The number of rotatable bonds is 6. The summed E-state index contributed by atoms with van der Waals surface area (Å²) in [7, 11) is 0. The number of hydrogen-bond acceptors (Lipinski definition) is 5. The molecule has 2 amide bonds. The number of carbonyl (C=O) groups is 4. The topological polar surface area (TPSA) is 91.8 Å². The summed E-state index contributed by atoms with van der Waals surface area (Å²) in [5.74, 6) is -2.36. The Hall–Kier alpha value is -3.02. The number of aliphatic hydroxyl groups is 1. The average Bonchev–Trinajstić information content (AvgIpc) is 2.76. The first-order valence-corrected chi connectivity index (χ1v) is 6.57. The van der Waals surface area contributed by atoms with Gasteiger partial charge in [-0.15, -0.1) is 0 Å². The molecule has 112 valence electrons. The number of nitrogens with zero attached hydrogens (tertiary/aromatic N) is 1. The molecule has 0 saturated heterocycles. The van der Waals surface area contributed by atoms with Gasteiger partial charge in [0.05, 0.1) is 17.4 Å². The van der Waals surface area contributed by atoms with Crippen LogP contribution in [0.25, 0.3) is 0 Å². The molecule has 1 N–H and O–H groups in total. The smallest absolute Gasteiger partial charge is 0.261 e. The maximum Gasteiger partial charge on any atom is 0.261 e. The third-order valence-corrected chi connectivity index (χ3v) is 3.14. The van der Waals surface area contributed by atoms with Crippen LogP contribution in [0.3, 0.4) is 0 Å². The summed E-state index contributed by atoms with van der Waals surface area (Å²) in [6.45, 7) is 0.125. The predicted molar refractivity (Wildman–Crippen MR) is 77.3 cm³/mol. The molecule has 0 spiro atoms. The van der Waals surface area contributed by atoms with E-state index >= 15 is 0 Å². The van der Waals surface area contributed by atoms with Crippen molar-refractivity contribution in [1.29, 1.82) is 0 Å². The molecule has 6 heteroatoms. The van der Waals surface area contributed by atoms with Gasteiger partial charge in [0.25, 0.3) is 11.8 Å². The van der Waals surface area contributed by atoms with Crippen molar-refractivity contribution >= 4 is 23.4 Å². The first-order valence-electron chi connectivity index (χ1n) is 6.57. The highest BCUT2D eigenvalue weighted by Gasteiger charge is 2.34. The van der Waals surface area contributed by atoms with E-state index in [2.05, 4.69) is 0 Å². The van der Waals surface area contributed by atoms with Crippen molar-refractivity contribution in [3.8, 4) is 0 Å². The molecule has 0 aliphatic carbocycles. The van der Waals surface area contributed by atoms with Crippen molar-refractivity contribution in [1.82, 2.24) is 4.90 Å². The van der Waals surface area contributed by atoms with Gasteiger partial charge in [-0.1, -0.05) is 18.2 Å². The number of amides is 2. The molecular formula is C16H13NO5. The fraction of sp³-hybridized carbons (Fsp3) is 0.125. The number of fused-ring (bicyclic) bond motifs is 1. The number of hydrogen-bond donors (Lipinski definition) is 1. The molecule has 1 aliphatic heterocycles. The monoisotopic (exact) mass is 299 g/mol. The molecule has 0 unspecified atom stereocenters. The normalized spacial score (nSPS) is 14.1. The minimum Gasteiger partial charge on any atom is -0.515 e. The first kappa shape index (κ1) is 15.4. The van der Waals surface area contributed by atoms with E-state index in [1.165, 1.54) is 6.08 Å². The summed E-state index contributed by atoms with van der Waals surface area (Å²) >= 11 is 0. The Morgan fingerprint density at radius 1 is 1.00 bits per heavy atom. The maximum atomic E-state index is 12.1. The number of carbonyl (C=O) groups excluding carboxylic acids is 4. The third kappa shape index (κ3) is 3.01. The Morgan fingerprint density at radius 3 is 2.09 bits per heavy atom. The lowest BCUT2D eigenvalue weighted by atomic mass is 10.1. The van der Waals surface area contributed by atoms with Crippen molar-refractivity contribution in [2.24, 2.45) is 0 Å². The van der Waals surface area contributed by atoms with Crippen LogP contribution in [0.4, 0.5) is 0 Å². The van der Waals surface area contributed by atoms with Crippen molar-refractivity contribution < 1.29 is 24.3 Å². The van der Waals surface area contributed by atoms with Gasteiger partial charge in [-0.3, -0.25) is 24.1 Å². The Bertz CT molecular complexity index is 667. The molecular weight excluding hydrogens is 286 g/mol. The van der Waals surface area contributed by atoms with E-state index in [-0.39, 0.29) is 24.8 Å². The van der Waals surface area contributed by atoms with Gasteiger partial charge in [0, 0.05) is 12.6 Å². The summed E-state index contributed by atoms with van der Waals surface area (Å²) in [4.78, 5) is 47.6. The molecule has 22 heavy (non-hydrogen) atoms. The Labute approximate surface area is 126 Å². The molecule has 6 nitrogen and oxygen atoms in total. The van der Waals surface area contributed by atoms with Gasteiger partial charge in [0.1, 0.15) is 0 Å². The summed E-state index contributed by atoms with van der Waals surface area (Å²) in [5.41, 5.74) is 0.742. The number of aliphatic hydroxyl groups excluding tert-OH is 1. The molecule has 0 bridgehead atoms. The van der Waals surface area contributed by atoms with Crippen molar-refractivity contribution in [3.05, 3.63) is 59.9 Å². The highest BCUT2D eigenvalue weighted by molar-refractivity contribution is 6.45. The lowest BCUT2D eigenvalue weighted by molar-refractivity contribution is -0.131. The van der Waals surface area contributed by atoms with Gasteiger partial charge < -0.3 is 5.11 Å². The van der Waals surface area contributed by atoms with Crippen molar-refractivity contribution in [3.63, 3.8) is 0 Å². The second-order valence-electron chi connectivity index (χ2n) is 4.54. The van der Waals surface area contributed by atoms with E-state index in [1.54, 1.807) is 24.3 Å². The van der Waals surface area contributed by atoms with Gasteiger partial charge in [-0.2, -0.15) is 0 Å². The Morgan fingerprint density at radius 2 is 1.55 bits per heavy atom. The standard InChI is InChI=1S/C16H13NO5/c18-10-8-14(20)13(19)7-3-4-9-17-15(21)11-5-1-2-6-12(11)16(17)22/h1-3,5-8,10,18H,4,9H2/b7-3+,10-8+. The molecule has 0 atom stereocenters. The second-order valence-corrected chi connectivity index (χ2v) is 4.54. The van der Waals surface area contributed by atoms with Crippen LogP contribution in [0, 0.1) is 0 Å². The fourth-order valence-corrected chi connectivity index (χ4v) is 2.07. The second kappa shape index (κ2) is 6.62. The quantitative estimate of drug-likeness (QED) is 0.371. The molecule has 0 fully saturated rings. The van der Waals surface area contributed by atoms with E-state index in [0.717, 1.165) is 17.1 Å². The van der Waals surface area contributed by atoms with Crippen LogP contribution in [0.15, 0.2) is 48.8 Å². The van der Waals surface area contributed by atoms with Crippen LogP contribution in [-0.4, -0.2) is 39.9 Å². The molecule has 1 aliphatic rings. The van der Waals surface area contributed by atoms with E-state index < -0.39 is 11.6 Å². The van der Waals surface area contributed by atoms with Crippen LogP contribution in [0.2, 0.25) is 0 Å². The largest absolute Gasteiger partial charge is 0.515 e. The van der Waals surface area contributed by atoms with E-state index in [9.17, 15) is 19.2 Å². The minimum absolute atomic E-state index is 0.125. The summed E-state index contributed by atoms with van der Waals surface area (Å²) in [6.07, 6.45) is 3.96. The lowest BCUT2D eigenvalue weighted by Gasteiger charge is -2.11. The van der Waals surface area contributed by atoms with Gasteiger partial charge in [-0.25, -0.2) is 0 Å². The number of benzene rings is 1. The maximum absolute atomic E-state index is 12.1. The molecule has 1 heterocycles. The highest BCUT2D eigenvalue weighted by Crippen LogP contribution is 2.22. The summed E-state index contributed by atoms with van der Waals surface area (Å²) < 4.78 is 0. The molecule has 0 aromatic heterocycles. The van der Waals surface area contributed by atoms with Crippen LogP contribution in [-0.2, 0) is 9.59 Å². The first-order chi connectivity index (χ1) is 10.6. The summed E-state index contributed by atoms with van der Waals surface area (Å²) in [6, 6.07) is 6.56. The van der Waals surface area contributed by atoms with Crippen LogP contribution >= 0.6 is 0 Å². The molecule has 1 aromatic rings. The van der Waals surface area contributed by atoms with Crippen molar-refractivity contribution in [2.45, 2.75) is 6.42 Å². The Kier molecular flexibility index (Phi) is 4.63. The Balaban J connectivity index is 1.94. The zero-order valence-electron chi connectivity index (χ0n) is 11.6. The van der Waals surface area contributed by atoms with Crippen LogP contribution < -0.4 is 0 Å². The van der Waals surface area contributed by atoms with Gasteiger partial charge in [0.15, 0.2) is 0 Å².